The highest BCUT2D eigenvalue weighted by molar-refractivity contribution is 5.90. The molecule has 0 saturated heterocycles. The molecular weight excluding hydrogens is 371 g/mol. The monoisotopic (exact) mass is 389 g/mol. The van der Waals surface area contributed by atoms with Gasteiger partial charge >= 0.3 is 6.18 Å². The predicted molar refractivity (Wildman–Crippen MR) is 100.0 cm³/mol. The smallest absolute Gasteiger partial charge is 0.366 e. The lowest BCUT2D eigenvalue weighted by molar-refractivity contribution is -0.131. The Bertz CT molecular complexity index is 1040. The van der Waals surface area contributed by atoms with Crippen molar-refractivity contribution in [2.75, 3.05) is 23.7 Å². The van der Waals surface area contributed by atoms with Crippen LogP contribution in [0.2, 0.25) is 0 Å². The maximum Gasteiger partial charge on any atom is 0.390 e. The second kappa shape index (κ2) is 7.10. The van der Waals surface area contributed by atoms with Crippen molar-refractivity contribution in [2.24, 2.45) is 0 Å². The van der Waals surface area contributed by atoms with Crippen LogP contribution < -0.4 is 10.6 Å². The van der Waals surface area contributed by atoms with E-state index in [2.05, 4.69) is 30.9 Å². The van der Waals surface area contributed by atoms with E-state index in [0.717, 1.165) is 27.7 Å². The third-order valence-electron chi connectivity index (χ3n) is 4.47. The lowest BCUT2D eigenvalue weighted by Gasteiger charge is -2.19. The molecule has 0 bridgehead atoms. The first-order valence-corrected chi connectivity index (χ1v) is 8.90. The average molecular weight is 389 g/mol. The van der Waals surface area contributed by atoms with Gasteiger partial charge in [-0.15, -0.1) is 5.10 Å². The number of nitrogens with one attached hydrogen (secondary N) is 2. The van der Waals surface area contributed by atoms with Gasteiger partial charge in [-0.1, -0.05) is 17.4 Å². The highest BCUT2D eigenvalue weighted by Gasteiger charge is 2.26. The topological polar surface area (TPSA) is 80.5 Å². The van der Waals surface area contributed by atoms with E-state index in [4.69, 9.17) is 0 Å². The van der Waals surface area contributed by atoms with Gasteiger partial charge in [0.15, 0.2) is 0 Å². The third-order valence-corrected chi connectivity index (χ3v) is 4.47. The van der Waals surface area contributed by atoms with E-state index in [-0.39, 0.29) is 12.5 Å². The third kappa shape index (κ3) is 3.62. The maximum absolute atomic E-state index is 12.3. The highest BCUT2D eigenvalue weighted by atomic mass is 19.4. The van der Waals surface area contributed by atoms with E-state index >= 15 is 0 Å². The molecule has 3 heterocycles. The number of fused-ring (bicyclic) bond motifs is 2. The Labute approximate surface area is 158 Å². The van der Waals surface area contributed by atoms with Crippen LogP contribution >= 0.6 is 0 Å². The Morgan fingerprint density at radius 3 is 2.93 bits per heavy atom. The number of hydrogen-bond donors (Lipinski definition) is 2. The summed E-state index contributed by atoms with van der Waals surface area (Å²) in [6.45, 7) is 3.01. The zero-order chi connectivity index (χ0) is 19.7. The molecule has 0 aliphatic carbocycles. The molecule has 0 unspecified atom stereocenters. The van der Waals surface area contributed by atoms with Gasteiger partial charge in [0.25, 0.3) is 0 Å². The van der Waals surface area contributed by atoms with Crippen LogP contribution in [-0.2, 0) is 6.54 Å². The van der Waals surface area contributed by atoms with Crippen LogP contribution in [0.15, 0.2) is 30.5 Å². The summed E-state index contributed by atoms with van der Waals surface area (Å²) in [5.41, 5.74) is 4.49. The molecular formula is C18H18F3N7. The average Bonchev–Trinajstić information content (AvgIpc) is 3.08. The van der Waals surface area contributed by atoms with Crippen LogP contribution in [0.3, 0.4) is 0 Å². The van der Waals surface area contributed by atoms with Crippen LogP contribution in [0.4, 0.5) is 24.9 Å². The van der Waals surface area contributed by atoms with Crippen molar-refractivity contribution < 1.29 is 13.2 Å². The van der Waals surface area contributed by atoms with Gasteiger partial charge in [0.1, 0.15) is 11.3 Å². The first-order valence-electron chi connectivity index (χ1n) is 8.90. The van der Waals surface area contributed by atoms with Gasteiger partial charge in [-0.25, -0.2) is 9.67 Å². The normalized spacial score (nSPS) is 13.8. The SMILES string of the molecule is CCn1nnc2ccc(C3=CCNc4nc(NCCC(F)(F)F)ncc43)cc21. The van der Waals surface area contributed by atoms with Crippen LogP contribution in [0, 0.1) is 0 Å². The summed E-state index contributed by atoms with van der Waals surface area (Å²) in [4.78, 5) is 8.50. The number of anilines is 2. The molecule has 0 saturated carbocycles. The van der Waals surface area contributed by atoms with Crippen molar-refractivity contribution in [3.63, 3.8) is 0 Å². The molecule has 28 heavy (non-hydrogen) atoms. The summed E-state index contributed by atoms with van der Waals surface area (Å²) in [5, 5.41) is 14.0. The van der Waals surface area contributed by atoms with E-state index in [1.807, 2.05) is 35.9 Å². The number of nitrogens with zero attached hydrogens (tertiary/aromatic N) is 5. The Kier molecular flexibility index (Phi) is 4.62. The molecule has 0 amide bonds. The Balaban J connectivity index is 1.61. The van der Waals surface area contributed by atoms with Crippen LogP contribution in [-0.4, -0.2) is 44.2 Å². The molecule has 4 rings (SSSR count). The van der Waals surface area contributed by atoms with Crippen LogP contribution in [0.25, 0.3) is 16.6 Å². The second-order valence-electron chi connectivity index (χ2n) is 6.36. The number of aryl methyl sites for hydroxylation is 1. The second-order valence-corrected chi connectivity index (χ2v) is 6.36. The van der Waals surface area contributed by atoms with Crippen molar-refractivity contribution in [1.29, 1.82) is 0 Å². The summed E-state index contributed by atoms with van der Waals surface area (Å²) >= 11 is 0. The van der Waals surface area contributed by atoms with Crippen molar-refractivity contribution in [2.45, 2.75) is 26.1 Å². The van der Waals surface area contributed by atoms with Gasteiger partial charge in [-0.2, -0.15) is 18.2 Å². The minimum Gasteiger partial charge on any atom is -0.366 e. The maximum atomic E-state index is 12.3. The number of hydrogen-bond acceptors (Lipinski definition) is 6. The Morgan fingerprint density at radius 1 is 1.29 bits per heavy atom. The van der Waals surface area contributed by atoms with Gasteiger partial charge < -0.3 is 10.6 Å². The highest BCUT2D eigenvalue weighted by Crippen LogP contribution is 2.32. The van der Waals surface area contributed by atoms with Crippen molar-refractivity contribution in [3.05, 3.63) is 41.6 Å². The minimum atomic E-state index is -4.21. The van der Waals surface area contributed by atoms with E-state index < -0.39 is 12.6 Å². The number of halogens is 3. The van der Waals surface area contributed by atoms with Gasteiger partial charge in [-0.05, 0) is 30.2 Å². The molecule has 7 nitrogen and oxygen atoms in total. The van der Waals surface area contributed by atoms with Gasteiger partial charge in [0, 0.05) is 31.4 Å². The van der Waals surface area contributed by atoms with E-state index in [1.165, 1.54) is 0 Å². The standard InChI is InChI=1S/C18H18F3N7/c1-2-28-15-9-11(3-4-14(15)26-27-28)12-5-7-22-16-13(12)10-24-17(25-16)23-8-6-18(19,20)21/h3-5,9-10H,2,6-8H2,1H3,(H2,22,23,24,25). The molecule has 0 radical (unpaired) electrons. The first-order chi connectivity index (χ1) is 13.4. The van der Waals surface area contributed by atoms with Gasteiger partial charge in [0.05, 0.1) is 11.9 Å². The number of alkyl halides is 3. The number of rotatable bonds is 5. The first kappa shape index (κ1) is 18.2. The largest absolute Gasteiger partial charge is 0.390 e. The van der Waals surface area contributed by atoms with Gasteiger partial charge in [0.2, 0.25) is 5.95 Å². The number of benzene rings is 1. The fourth-order valence-electron chi connectivity index (χ4n) is 3.11. The van der Waals surface area contributed by atoms with E-state index in [0.29, 0.717) is 18.9 Å². The molecule has 146 valence electrons. The molecule has 1 aliphatic heterocycles. The molecule has 1 aromatic carbocycles. The molecule has 0 spiro atoms. The number of aromatic nitrogens is 5. The van der Waals surface area contributed by atoms with Crippen molar-refractivity contribution in [1.82, 2.24) is 25.0 Å². The van der Waals surface area contributed by atoms with Crippen molar-refractivity contribution >= 4 is 28.4 Å². The Morgan fingerprint density at radius 2 is 2.14 bits per heavy atom. The van der Waals surface area contributed by atoms with Crippen LogP contribution in [0.5, 0.6) is 0 Å². The summed E-state index contributed by atoms with van der Waals surface area (Å²) in [6, 6.07) is 5.91. The molecule has 0 atom stereocenters. The van der Waals surface area contributed by atoms with Crippen LogP contribution in [0.1, 0.15) is 24.5 Å². The summed E-state index contributed by atoms with van der Waals surface area (Å²) in [7, 11) is 0. The lowest BCUT2D eigenvalue weighted by atomic mass is 9.96. The predicted octanol–water partition coefficient (Wildman–Crippen LogP) is 3.46. The summed E-state index contributed by atoms with van der Waals surface area (Å²) in [6.07, 6.45) is -1.50. The summed E-state index contributed by atoms with van der Waals surface area (Å²) < 4.78 is 38.7. The van der Waals surface area contributed by atoms with E-state index in [9.17, 15) is 13.2 Å². The molecule has 3 aromatic rings. The zero-order valence-electron chi connectivity index (χ0n) is 15.1. The van der Waals surface area contributed by atoms with E-state index in [1.54, 1.807) is 6.20 Å². The molecule has 0 fully saturated rings. The quantitative estimate of drug-likeness (QED) is 0.696. The molecule has 1 aliphatic rings. The molecule has 10 heteroatoms. The molecule has 2 aromatic heterocycles. The minimum absolute atomic E-state index is 0.167. The van der Waals surface area contributed by atoms with Crippen molar-refractivity contribution in [3.8, 4) is 0 Å². The zero-order valence-corrected chi connectivity index (χ0v) is 15.1. The fraction of sp³-hybridized carbons (Fsp3) is 0.333. The lowest BCUT2D eigenvalue weighted by Crippen LogP contribution is -2.17. The fourth-order valence-corrected chi connectivity index (χ4v) is 3.11. The Hall–Kier alpha value is -3.17. The molecule has 2 N–H and O–H groups in total. The summed E-state index contributed by atoms with van der Waals surface area (Å²) in [5.74, 6) is 0.754. The van der Waals surface area contributed by atoms with Gasteiger partial charge in [-0.3, -0.25) is 0 Å².